The number of aliphatic hydroxyl groups is 2. The molecule has 2 aliphatic carbocycles. The second-order valence-electron chi connectivity index (χ2n) is 21.1. The monoisotopic (exact) mass is 867 g/mol. The zero-order valence-corrected chi connectivity index (χ0v) is 39.3. The van der Waals surface area contributed by atoms with Gasteiger partial charge in [-0.15, -0.1) is 0 Å². The molecule has 6 N–H and O–H groups in total. The van der Waals surface area contributed by atoms with Crippen molar-refractivity contribution in [1.29, 1.82) is 0 Å². The Morgan fingerprint density at radius 2 is 0.844 bits per heavy atom. The van der Waals surface area contributed by atoms with Gasteiger partial charge < -0.3 is 31.2 Å². The molecule has 2 atom stereocenters. The Kier molecular flexibility index (Phi) is 14.1. The molecule has 10 nitrogen and oxygen atoms in total. The fourth-order valence-electron chi connectivity index (χ4n) is 9.61. The second kappa shape index (κ2) is 19.2. The lowest BCUT2D eigenvalue weighted by Gasteiger charge is -2.37. The first-order valence-electron chi connectivity index (χ1n) is 23.2. The van der Waals surface area contributed by atoms with Gasteiger partial charge in [0.2, 0.25) is 0 Å². The van der Waals surface area contributed by atoms with Gasteiger partial charge in [-0.1, -0.05) is 77.9 Å². The Morgan fingerprint density at radius 1 is 0.500 bits per heavy atom. The van der Waals surface area contributed by atoms with Crippen LogP contribution in [0.4, 0.5) is 0 Å². The summed E-state index contributed by atoms with van der Waals surface area (Å²) in [4.78, 5) is 17.0. The van der Waals surface area contributed by atoms with Crippen LogP contribution in [-0.4, -0.2) is 55.6 Å². The molecule has 2 heterocycles. The topological polar surface area (TPSA) is 163 Å². The molecule has 10 heteroatoms. The molecule has 0 unspecified atom stereocenters. The molecular weight excluding hydrogens is 797 g/mol. The third kappa shape index (κ3) is 10.7. The highest BCUT2D eigenvalue weighted by Gasteiger charge is 2.33. The highest BCUT2D eigenvalue weighted by atomic mass is 16.5. The van der Waals surface area contributed by atoms with E-state index in [1.165, 1.54) is 25.7 Å². The van der Waals surface area contributed by atoms with Crippen molar-refractivity contribution in [2.24, 2.45) is 34.1 Å². The van der Waals surface area contributed by atoms with Crippen molar-refractivity contribution in [2.75, 3.05) is 13.2 Å². The standard InChI is InChI=1S/2C27H35N3O2/c2*1-26(2,3)20-6-9-22(10-7-20)32-24-12-5-18-13-21(27(4,28)16-31)8-11-23(18)25(24)19-14-29-17-30-15-19/h2*5,8,11-15,17,20,22,31H,6-7,9-10,16,28H2,1-4H3/t2*20?,22?,27-/m00/s1. The summed E-state index contributed by atoms with van der Waals surface area (Å²) in [6, 6.07) is 20.5. The van der Waals surface area contributed by atoms with Crippen LogP contribution in [0.15, 0.2) is 98.1 Å². The molecule has 0 amide bonds. The van der Waals surface area contributed by atoms with Gasteiger partial charge in [-0.05, 0) is 145 Å². The van der Waals surface area contributed by atoms with E-state index in [0.717, 1.165) is 104 Å². The van der Waals surface area contributed by atoms with Gasteiger partial charge in [0.15, 0.2) is 0 Å². The van der Waals surface area contributed by atoms with E-state index in [0.29, 0.717) is 10.8 Å². The number of fused-ring (bicyclic) bond motifs is 2. The number of aliphatic hydroxyl groups excluding tert-OH is 2. The number of nitrogens with two attached hydrogens (primary N) is 2. The predicted octanol–water partition coefficient (Wildman–Crippen LogP) is 10.9. The normalized spacial score (nSPS) is 21.3. The Hall–Kier alpha value is -5.00. The van der Waals surface area contributed by atoms with E-state index in [1.807, 2.05) is 50.8 Å². The molecule has 0 spiro atoms. The van der Waals surface area contributed by atoms with Crippen molar-refractivity contribution in [3.63, 3.8) is 0 Å². The van der Waals surface area contributed by atoms with Gasteiger partial charge in [0.25, 0.3) is 0 Å². The molecular formula is C54H70N6O4. The second-order valence-corrected chi connectivity index (χ2v) is 21.1. The molecule has 0 aliphatic heterocycles. The Balaban J connectivity index is 0.000000191. The summed E-state index contributed by atoms with van der Waals surface area (Å²) in [7, 11) is 0. The highest BCUT2D eigenvalue weighted by molar-refractivity contribution is 6.01. The molecule has 64 heavy (non-hydrogen) atoms. The van der Waals surface area contributed by atoms with Crippen LogP contribution in [0, 0.1) is 22.7 Å². The molecule has 2 saturated carbocycles. The molecule has 0 bridgehead atoms. The van der Waals surface area contributed by atoms with Crippen molar-refractivity contribution in [2.45, 2.75) is 130 Å². The molecule has 8 rings (SSSR count). The fourth-order valence-corrected chi connectivity index (χ4v) is 9.61. The lowest BCUT2D eigenvalue weighted by molar-refractivity contribution is 0.0884. The number of rotatable bonds is 10. The summed E-state index contributed by atoms with van der Waals surface area (Å²) < 4.78 is 13.2. The van der Waals surface area contributed by atoms with Crippen LogP contribution in [-0.2, 0) is 11.1 Å². The van der Waals surface area contributed by atoms with Gasteiger partial charge in [0.1, 0.15) is 24.2 Å². The van der Waals surface area contributed by atoms with Crippen molar-refractivity contribution >= 4 is 21.5 Å². The van der Waals surface area contributed by atoms with Gasteiger partial charge in [-0.2, -0.15) is 0 Å². The molecule has 0 radical (unpaired) electrons. The van der Waals surface area contributed by atoms with Gasteiger partial charge in [0, 0.05) is 47.0 Å². The Labute approximate surface area is 380 Å². The van der Waals surface area contributed by atoms with E-state index in [1.54, 1.807) is 12.7 Å². The average Bonchev–Trinajstić information content (AvgIpc) is 3.29. The van der Waals surface area contributed by atoms with Crippen molar-refractivity contribution in [1.82, 2.24) is 19.9 Å². The first-order valence-corrected chi connectivity index (χ1v) is 23.2. The summed E-state index contributed by atoms with van der Waals surface area (Å²) in [6.07, 6.45) is 20.0. The summed E-state index contributed by atoms with van der Waals surface area (Å²) >= 11 is 0. The molecule has 6 aromatic rings. The zero-order valence-electron chi connectivity index (χ0n) is 39.3. The fraction of sp³-hybridized carbons (Fsp3) is 0.481. The number of ether oxygens (including phenoxy) is 2. The predicted molar refractivity (Wildman–Crippen MR) is 259 cm³/mol. The van der Waals surface area contributed by atoms with Crippen LogP contribution in [0.5, 0.6) is 11.5 Å². The maximum atomic E-state index is 9.69. The lowest BCUT2D eigenvalue weighted by Crippen LogP contribution is -2.36. The highest BCUT2D eigenvalue weighted by Crippen LogP contribution is 2.44. The molecule has 2 aliphatic rings. The number of aromatic nitrogens is 4. The van der Waals surface area contributed by atoms with Gasteiger partial charge in [0.05, 0.1) is 36.5 Å². The quantitative estimate of drug-likeness (QED) is 0.104. The summed E-state index contributed by atoms with van der Waals surface area (Å²) in [5.41, 5.74) is 17.4. The molecule has 4 aromatic carbocycles. The average molecular weight is 867 g/mol. The SMILES string of the molecule is CC(C)(C)C1CCC(Oc2ccc3cc([C@@](C)(N)CO)ccc3c2-c2cncnc2)CC1.CC(C)(C)C1CCC(Oc2ccc3cc([C@@](C)(N)CO)ccc3c2-c2cncnc2)CC1. The summed E-state index contributed by atoms with van der Waals surface area (Å²) in [5, 5.41) is 23.6. The molecule has 2 aromatic heterocycles. The summed E-state index contributed by atoms with van der Waals surface area (Å²) in [5.74, 6) is 3.24. The molecule has 0 saturated heterocycles. The third-order valence-corrected chi connectivity index (χ3v) is 14.0. The lowest BCUT2D eigenvalue weighted by atomic mass is 9.72. The number of nitrogens with zero attached hydrogens (tertiary/aromatic N) is 4. The van der Waals surface area contributed by atoms with Crippen LogP contribution in [0.1, 0.15) is 118 Å². The third-order valence-electron chi connectivity index (χ3n) is 14.0. The Bertz CT molecular complexity index is 2310. The number of hydrogen-bond acceptors (Lipinski definition) is 10. The largest absolute Gasteiger partial charge is 0.490 e. The zero-order chi connectivity index (χ0) is 45.9. The van der Waals surface area contributed by atoms with Gasteiger partial charge in [-0.3, -0.25) is 0 Å². The Morgan fingerprint density at radius 3 is 1.16 bits per heavy atom. The minimum atomic E-state index is -0.787. The minimum absolute atomic E-state index is 0.115. The summed E-state index contributed by atoms with van der Waals surface area (Å²) in [6.45, 7) is 17.5. The maximum absolute atomic E-state index is 9.69. The smallest absolute Gasteiger partial charge is 0.128 e. The van der Waals surface area contributed by atoms with Crippen LogP contribution in [0.3, 0.4) is 0 Å². The maximum Gasteiger partial charge on any atom is 0.128 e. The van der Waals surface area contributed by atoms with Crippen LogP contribution in [0.2, 0.25) is 0 Å². The van der Waals surface area contributed by atoms with Gasteiger partial charge in [-0.25, -0.2) is 19.9 Å². The van der Waals surface area contributed by atoms with Crippen molar-refractivity contribution in [3.05, 3.63) is 109 Å². The van der Waals surface area contributed by atoms with Crippen LogP contribution in [0.25, 0.3) is 43.8 Å². The van der Waals surface area contributed by atoms with Crippen molar-refractivity contribution < 1.29 is 19.7 Å². The first-order chi connectivity index (χ1) is 30.4. The van der Waals surface area contributed by atoms with E-state index in [2.05, 4.69) is 110 Å². The van der Waals surface area contributed by atoms with Crippen LogP contribution >= 0.6 is 0 Å². The minimum Gasteiger partial charge on any atom is -0.490 e. The first kappa shape index (κ1) is 47.0. The van der Waals surface area contributed by atoms with E-state index in [4.69, 9.17) is 20.9 Å². The number of hydrogen-bond donors (Lipinski definition) is 4. The van der Waals surface area contributed by atoms with E-state index in [9.17, 15) is 10.2 Å². The molecule has 340 valence electrons. The van der Waals surface area contributed by atoms with Gasteiger partial charge >= 0.3 is 0 Å². The van der Waals surface area contributed by atoms with E-state index >= 15 is 0 Å². The van der Waals surface area contributed by atoms with Crippen molar-refractivity contribution in [3.8, 4) is 33.8 Å². The van der Waals surface area contributed by atoms with E-state index in [-0.39, 0.29) is 25.4 Å². The van der Waals surface area contributed by atoms with Crippen LogP contribution < -0.4 is 20.9 Å². The number of benzene rings is 4. The van der Waals surface area contributed by atoms with E-state index < -0.39 is 11.1 Å². The molecule has 2 fully saturated rings.